The van der Waals surface area contributed by atoms with Crippen molar-refractivity contribution < 1.29 is 35.9 Å². The first-order valence-corrected chi connectivity index (χ1v) is 10.6. The van der Waals surface area contributed by atoms with Crippen LogP contribution in [0.3, 0.4) is 0 Å². The molecule has 0 bridgehead atoms. The second kappa shape index (κ2) is 10.4. The average Bonchev–Trinajstić information content (AvgIpc) is 2.66. The SMILES string of the molecule is CN(CC(=O)NCc1ccc(S(N)(=O)=O)cc1)CC(=O)Nc1ccc(OC(F)(F)F)cc1. The van der Waals surface area contributed by atoms with Crippen LogP contribution >= 0.6 is 0 Å². The molecule has 0 spiro atoms. The van der Waals surface area contributed by atoms with Crippen LogP contribution in [-0.4, -0.2) is 51.6 Å². The van der Waals surface area contributed by atoms with Crippen LogP contribution in [0.5, 0.6) is 5.75 Å². The van der Waals surface area contributed by atoms with Crippen molar-refractivity contribution in [1.82, 2.24) is 10.2 Å². The highest BCUT2D eigenvalue weighted by atomic mass is 32.2. The Hall–Kier alpha value is -3.16. The minimum Gasteiger partial charge on any atom is -0.406 e. The van der Waals surface area contributed by atoms with Crippen molar-refractivity contribution in [1.29, 1.82) is 0 Å². The number of ether oxygens (including phenoxy) is 1. The Kier molecular flexibility index (Phi) is 8.19. The number of primary sulfonamides is 1. The monoisotopic (exact) mass is 474 g/mol. The van der Waals surface area contributed by atoms with Crippen molar-refractivity contribution in [2.24, 2.45) is 5.14 Å². The largest absolute Gasteiger partial charge is 0.573 e. The van der Waals surface area contributed by atoms with E-state index < -0.39 is 28.0 Å². The number of hydrogen-bond donors (Lipinski definition) is 3. The highest BCUT2D eigenvalue weighted by Crippen LogP contribution is 2.23. The minimum absolute atomic E-state index is 0.0409. The topological polar surface area (TPSA) is 131 Å². The second-order valence-corrected chi connectivity index (χ2v) is 8.32. The third-order valence-electron chi connectivity index (χ3n) is 3.94. The van der Waals surface area contributed by atoms with Gasteiger partial charge in [0.25, 0.3) is 0 Å². The molecule has 0 aromatic heterocycles. The normalized spacial score (nSPS) is 11.8. The van der Waals surface area contributed by atoms with Gasteiger partial charge in [-0.25, -0.2) is 13.6 Å². The van der Waals surface area contributed by atoms with Crippen molar-refractivity contribution >= 4 is 27.5 Å². The van der Waals surface area contributed by atoms with Crippen molar-refractivity contribution in [2.45, 2.75) is 17.8 Å². The zero-order valence-corrected chi connectivity index (χ0v) is 17.7. The summed E-state index contributed by atoms with van der Waals surface area (Å²) in [6.07, 6.45) is -4.80. The molecule has 174 valence electrons. The zero-order valence-electron chi connectivity index (χ0n) is 16.8. The Morgan fingerprint density at radius 3 is 2.09 bits per heavy atom. The second-order valence-electron chi connectivity index (χ2n) is 6.76. The molecule has 0 fully saturated rings. The Bertz CT molecular complexity index is 1040. The number of hydrogen-bond acceptors (Lipinski definition) is 6. The summed E-state index contributed by atoms with van der Waals surface area (Å²) in [5.41, 5.74) is 0.925. The maximum Gasteiger partial charge on any atom is 0.573 e. The summed E-state index contributed by atoms with van der Waals surface area (Å²) >= 11 is 0. The van der Waals surface area contributed by atoms with Gasteiger partial charge in [-0.15, -0.1) is 13.2 Å². The van der Waals surface area contributed by atoms with Gasteiger partial charge in [0.15, 0.2) is 0 Å². The highest BCUT2D eigenvalue weighted by molar-refractivity contribution is 7.89. The number of rotatable bonds is 9. The van der Waals surface area contributed by atoms with E-state index in [2.05, 4.69) is 15.4 Å². The molecule has 4 N–H and O–H groups in total. The van der Waals surface area contributed by atoms with E-state index in [9.17, 15) is 31.2 Å². The van der Waals surface area contributed by atoms with Crippen LogP contribution in [0.15, 0.2) is 53.4 Å². The van der Waals surface area contributed by atoms with Crippen LogP contribution in [-0.2, 0) is 26.2 Å². The van der Waals surface area contributed by atoms with E-state index in [0.717, 1.165) is 12.1 Å². The Morgan fingerprint density at radius 1 is 1.00 bits per heavy atom. The van der Waals surface area contributed by atoms with E-state index in [0.29, 0.717) is 5.56 Å². The lowest BCUT2D eigenvalue weighted by Gasteiger charge is -2.16. The molecule has 2 amide bonds. The fourth-order valence-electron chi connectivity index (χ4n) is 2.54. The van der Waals surface area contributed by atoms with Gasteiger partial charge >= 0.3 is 6.36 Å². The van der Waals surface area contributed by atoms with Crippen molar-refractivity contribution in [2.75, 3.05) is 25.5 Å². The number of nitrogens with two attached hydrogens (primary N) is 1. The quantitative estimate of drug-likeness (QED) is 0.504. The number of likely N-dealkylation sites (N-methyl/N-ethyl adjacent to an activating group) is 1. The van der Waals surface area contributed by atoms with Gasteiger partial charge in [-0.1, -0.05) is 12.1 Å². The molecule has 0 saturated carbocycles. The van der Waals surface area contributed by atoms with Gasteiger partial charge in [-0.2, -0.15) is 0 Å². The maximum absolute atomic E-state index is 12.2. The molecule has 0 atom stereocenters. The third-order valence-corrected chi connectivity index (χ3v) is 4.87. The lowest BCUT2D eigenvalue weighted by Crippen LogP contribution is -2.38. The molecule has 2 rings (SSSR count). The maximum atomic E-state index is 12.2. The summed E-state index contributed by atoms with van der Waals surface area (Å²) in [4.78, 5) is 25.5. The molecule has 0 heterocycles. The van der Waals surface area contributed by atoms with E-state index in [-0.39, 0.29) is 36.1 Å². The number of amides is 2. The third kappa shape index (κ3) is 8.91. The molecule has 0 unspecified atom stereocenters. The molecule has 0 radical (unpaired) electrons. The summed E-state index contributed by atoms with van der Waals surface area (Å²) in [7, 11) is -2.25. The first-order valence-electron chi connectivity index (χ1n) is 9.04. The number of sulfonamides is 1. The van der Waals surface area contributed by atoms with Crippen LogP contribution in [0.1, 0.15) is 5.56 Å². The van der Waals surface area contributed by atoms with Gasteiger partial charge in [0.1, 0.15) is 5.75 Å². The van der Waals surface area contributed by atoms with Crippen molar-refractivity contribution in [3.63, 3.8) is 0 Å². The van der Waals surface area contributed by atoms with Crippen LogP contribution in [0.4, 0.5) is 18.9 Å². The predicted octanol–water partition coefficient (Wildman–Crippen LogP) is 1.42. The van der Waals surface area contributed by atoms with Crippen LogP contribution in [0, 0.1) is 0 Å². The van der Waals surface area contributed by atoms with Gasteiger partial charge < -0.3 is 15.4 Å². The molecule has 9 nitrogen and oxygen atoms in total. The minimum atomic E-state index is -4.80. The fraction of sp³-hybridized carbons (Fsp3) is 0.263. The number of nitrogens with one attached hydrogen (secondary N) is 2. The van der Waals surface area contributed by atoms with Crippen LogP contribution < -0.4 is 20.5 Å². The Morgan fingerprint density at radius 2 is 1.56 bits per heavy atom. The van der Waals surface area contributed by atoms with Crippen LogP contribution in [0.25, 0.3) is 0 Å². The van der Waals surface area contributed by atoms with E-state index >= 15 is 0 Å². The van der Waals surface area contributed by atoms with Gasteiger partial charge in [0.2, 0.25) is 21.8 Å². The first-order chi connectivity index (χ1) is 14.8. The van der Waals surface area contributed by atoms with E-state index in [1.807, 2.05) is 0 Å². The molecule has 13 heteroatoms. The van der Waals surface area contributed by atoms with Gasteiger partial charge in [-0.05, 0) is 49.0 Å². The molecular formula is C19H21F3N4O5S. The first kappa shape index (κ1) is 25.1. The fourth-order valence-corrected chi connectivity index (χ4v) is 3.06. The molecule has 0 aliphatic heterocycles. The number of halogens is 3. The Labute approximate surface area is 182 Å². The van der Waals surface area contributed by atoms with E-state index in [1.165, 1.54) is 41.3 Å². The van der Waals surface area contributed by atoms with Crippen molar-refractivity contribution in [3.05, 3.63) is 54.1 Å². The van der Waals surface area contributed by atoms with E-state index in [4.69, 9.17) is 5.14 Å². The molecule has 0 aliphatic carbocycles. The number of nitrogens with zero attached hydrogens (tertiary/aromatic N) is 1. The predicted molar refractivity (Wildman–Crippen MR) is 109 cm³/mol. The summed E-state index contributed by atoms with van der Waals surface area (Å²) < 4.78 is 62.7. The summed E-state index contributed by atoms with van der Waals surface area (Å²) in [6, 6.07) is 10.3. The van der Waals surface area contributed by atoms with Gasteiger partial charge in [-0.3, -0.25) is 14.5 Å². The molecule has 2 aromatic carbocycles. The lowest BCUT2D eigenvalue weighted by molar-refractivity contribution is -0.274. The van der Waals surface area contributed by atoms with Crippen LogP contribution in [0.2, 0.25) is 0 Å². The Balaban J connectivity index is 1.76. The van der Waals surface area contributed by atoms with E-state index in [1.54, 1.807) is 7.05 Å². The molecular weight excluding hydrogens is 453 g/mol. The standard InChI is InChI=1S/C19H21F3N4O5S/c1-26(11-17(27)24-10-13-2-8-16(9-3-13)32(23,29)30)12-18(28)25-14-4-6-15(7-5-14)31-19(20,21)22/h2-9H,10-12H2,1H3,(H,24,27)(H,25,28)(H2,23,29,30). The average molecular weight is 474 g/mol. The number of alkyl halides is 3. The molecule has 0 aliphatic rings. The van der Waals surface area contributed by atoms with Crippen molar-refractivity contribution in [3.8, 4) is 5.75 Å². The number of benzene rings is 2. The molecule has 2 aromatic rings. The van der Waals surface area contributed by atoms with Gasteiger partial charge in [0.05, 0.1) is 18.0 Å². The summed E-state index contributed by atoms with van der Waals surface area (Å²) in [5.74, 6) is -1.25. The molecule has 32 heavy (non-hydrogen) atoms. The van der Waals surface area contributed by atoms with Gasteiger partial charge in [0, 0.05) is 12.2 Å². The number of carbonyl (C=O) groups excluding carboxylic acids is 2. The highest BCUT2D eigenvalue weighted by Gasteiger charge is 2.31. The smallest absolute Gasteiger partial charge is 0.406 e. The zero-order chi connectivity index (χ0) is 23.9. The number of carbonyl (C=O) groups is 2. The molecule has 0 saturated heterocycles. The summed E-state index contributed by atoms with van der Waals surface area (Å²) in [5, 5.41) is 10.2. The lowest BCUT2D eigenvalue weighted by atomic mass is 10.2. The summed E-state index contributed by atoms with van der Waals surface area (Å²) in [6.45, 7) is -0.0889. The number of anilines is 1.